The fourth-order valence-corrected chi connectivity index (χ4v) is 2.64. The van der Waals surface area contributed by atoms with Crippen molar-refractivity contribution in [3.8, 4) is 0 Å². The van der Waals surface area contributed by atoms with Crippen LogP contribution in [0.25, 0.3) is 0 Å². The maximum atomic E-state index is 11.8. The van der Waals surface area contributed by atoms with Gasteiger partial charge in [0.25, 0.3) is 0 Å². The first-order valence-electron chi connectivity index (χ1n) is 5.73. The first-order valence-corrected chi connectivity index (χ1v) is 8.65. The van der Waals surface area contributed by atoms with Gasteiger partial charge in [0.2, 0.25) is 10.0 Å². The predicted molar refractivity (Wildman–Crippen MR) is 86.1 cm³/mol. The van der Waals surface area contributed by atoms with Crippen LogP contribution in [-0.2, 0) is 14.8 Å². The third-order valence-electron chi connectivity index (χ3n) is 2.59. The number of carbonyl (C=O) groups is 1. The van der Waals surface area contributed by atoms with Gasteiger partial charge in [-0.3, -0.25) is 9.10 Å². The second kappa shape index (κ2) is 6.56. The van der Waals surface area contributed by atoms with Crippen molar-refractivity contribution in [1.29, 1.82) is 0 Å². The maximum Gasteiger partial charge on any atom is 0.232 e. The minimum Gasteiger partial charge on any atom is -0.328 e. The Morgan fingerprint density at radius 1 is 1.42 bits per heavy atom. The van der Waals surface area contributed by atoms with Crippen LogP contribution >= 0.6 is 22.9 Å². The van der Waals surface area contributed by atoms with Crippen LogP contribution in [0.15, 0.2) is 24.3 Å². The number of sulfonamides is 1. The molecule has 1 aromatic carbocycles. The fourth-order valence-electron chi connectivity index (χ4n) is 1.44. The number of rotatable bonds is 6. The van der Waals surface area contributed by atoms with E-state index in [1.54, 1.807) is 32.0 Å². The Balaban J connectivity index is 3.14. The van der Waals surface area contributed by atoms with Crippen LogP contribution in [0.2, 0.25) is 0 Å². The molecule has 5 nitrogen and oxygen atoms in total. The minimum absolute atomic E-state index is 0.113. The smallest absolute Gasteiger partial charge is 0.232 e. The molecule has 1 aromatic rings. The summed E-state index contributed by atoms with van der Waals surface area (Å²) in [7, 11) is -3.49. The fraction of sp³-hybridized carbons (Fsp3) is 0.417. The molecule has 106 valence electrons. The standard InChI is InChI=1S/C12H17IN2O3S/c1-9(2)12(16)8-15(19(3,17)18)11-6-4-5-10(7-11)14-13/h4-7,9,14H,8H2,1-3H3. The molecular weight excluding hydrogens is 379 g/mol. The summed E-state index contributed by atoms with van der Waals surface area (Å²) in [4.78, 5) is 11.8. The molecule has 0 aromatic heterocycles. The second-order valence-corrected chi connectivity index (χ2v) is 6.98. The number of hydrogen-bond donors (Lipinski definition) is 1. The summed E-state index contributed by atoms with van der Waals surface area (Å²) in [5.41, 5.74) is 1.27. The SMILES string of the molecule is CC(C)C(=O)CN(c1cccc(NI)c1)S(C)(=O)=O. The van der Waals surface area contributed by atoms with Gasteiger partial charge in [0, 0.05) is 11.6 Å². The van der Waals surface area contributed by atoms with Gasteiger partial charge in [0.05, 0.1) is 41.4 Å². The lowest BCUT2D eigenvalue weighted by molar-refractivity contribution is -0.120. The minimum atomic E-state index is -3.49. The zero-order valence-corrected chi connectivity index (χ0v) is 14.0. The summed E-state index contributed by atoms with van der Waals surface area (Å²) in [6.07, 6.45) is 1.10. The summed E-state index contributed by atoms with van der Waals surface area (Å²) in [5.74, 6) is -0.312. The Bertz CT molecular complexity index is 558. The average molecular weight is 396 g/mol. The molecule has 0 heterocycles. The number of carbonyl (C=O) groups excluding carboxylic acids is 1. The quantitative estimate of drug-likeness (QED) is 0.593. The van der Waals surface area contributed by atoms with Crippen molar-refractivity contribution in [2.45, 2.75) is 13.8 Å². The number of nitrogens with one attached hydrogen (secondary N) is 1. The lowest BCUT2D eigenvalue weighted by Crippen LogP contribution is -2.36. The Morgan fingerprint density at radius 2 is 2.05 bits per heavy atom. The van der Waals surface area contributed by atoms with Crippen LogP contribution < -0.4 is 7.84 Å². The summed E-state index contributed by atoms with van der Waals surface area (Å²) in [5, 5.41) is 0. The van der Waals surface area contributed by atoms with E-state index in [4.69, 9.17) is 0 Å². The van der Waals surface area contributed by atoms with Crippen molar-refractivity contribution < 1.29 is 13.2 Å². The van der Waals surface area contributed by atoms with Gasteiger partial charge >= 0.3 is 0 Å². The molecule has 0 saturated carbocycles. The van der Waals surface area contributed by atoms with Crippen LogP contribution in [0.1, 0.15) is 13.8 Å². The van der Waals surface area contributed by atoms with Gasteiger partial charge in [0.1, 0.15) is 0 Å². The van der Waals surface area contributed by atoms with Crippen molar-refractivity contribution in [2.24, 2.45) is 5.92 Å². The molecule has 0 aliphatic rings. The molecule has 0 saturated heterocycles. The van der Waals surface area contributed by atoms with Gasteiger partial charge in [-0.2, -0.15) is 0 Å². The summed E-state index contributed by atoms with van der Waals surface area (Å²) in [6, 6.07) is 6.93. The Hall–Kier alpha value is -0.830. The Kier molecular flexibility index (Phi) is 5.60. The molecule has 7 heteroatoms. The number of halogens is 1. The Labute approximate surface area is 127 Å². The number of benzene rings is 1. The normalized spacial score (nSPS) is 11.4. The number of Topliss-reactive ketones (excluding diaryl/α,β-unsaturated/α-hetero) is 1. The molecule has 0 atom stereocenters. The monoisotopic (exact) mass is 396 g/mol. The van der Waals surface area contributed by atoms with Gasteiger partial charge in [-0.1, -0.05) is 19.9 Å². The molecule has 0 unspecified atom stereocenters. The van der Waals surface area contributed by atoms with E-state index in [1.165, 1.54) is 0 Å². The molecule has 0 spiro atoms. The molecular formula is C12H17IN2O3S. The topological polar surface area (TPSA) is 66.5 Å². The highest BCUT2D eigenvalue weighted by molar-refractivity contribution is 14.1. The lowest BCUT2D eigenvalue weighted by Gasteiger charge is -2.23. The molecule has 0 amide bonds. The van der Waals surface area contributed by atoms with Gasteiger partial charge in [-0.25, -0.2) is 8.42 Å². The molecule has 0 aliphatic heterocycles. The van der Waals surface area contributed by atoms with Crippen LogP contribution in [0.3, 0.4) is 0 Å². The van der Waals surface area contributed by atoms with Crippen molar-refractivity contribution in [3.05, 3.63) is 24.3 Å². The number of anilines is 2. The number of hydrogen-bond acceptors (Lipinski definition) is 4. The van der Waals surface area contributed by atoms with Crippen LogP contribution in [-0.4, -0.2) is 27.0 Å². The van der Waals surface area contributed by atoms with Crippen LogP contribution in [0.5, 0.6) is 0 Å². The lowest BCUT2D eigenvalue weighted by atomic mass is 10.1. The van der Waals surface area contributed by atoms with Gasteiger partial charge in [-0.05, 0) is 18.2 Å². The predicted octanol–water partition coefficient (Wildman–Crippen LogP) is 2.44. The van der Waals surface area contributed by atoms with E-state index < -0.39 is 10.0 Å². The van der Waals surface area contributed by atoms with Crippen molar-refractivity contribution >= 4 is 50.0 Å². The first kappa shape index (κ1) is 16.2. The Morgan fingerprint density at radius 3 is 2.53 bits per heavy atom. The van der Waals surface area contributed by atoms with Gasteiger partial charge < -0.3 is 3.53 Å². The van der Waals surface area contributed by atoms with Crippen molar-refractivity contribution in [2.75, 3.05) is 20.6 Å². The summed E-state index contributed by atoms with van der Waals surface area (Å²) in [6.45, 7) is 3.37. The first-order chi connectivity index (χ1) is 8.75. The van der Waals surface area contributed by atoms with E-state index in [2.05, 4.69) is 3.53 Å². The van der Waals surface area contributed by atoms with E-state index in [0.717, 1.165) is 16.2 Å². The molecule has 1 rings (SSSR count). The highest BCUT2D eigenvalue weighted by atomic mass is 127. The van der Waals surface area contributed by atoms with Crippen molar-refractivity contribution in [3.63, 3.8) is 0 Å². The molecule has 1 N–H and O–H groups in total. The van der Waals surface area contributed by atoms with Crippen LogP contribution in [0.4, 0.5) is 11.4 Å². The molecule has 0 fully saturated rings. The van der Waals surface area contributed by atoms with Crippen molar-refractivity contribution in [1.82, 2.24) is 0 Å². The number of nitrogens with zero attached hydrogens (tertiary/aromatic N) is 1. The average Bonchev–Trinajstić information content (AvgIpc) is 2.34. The van der Waals surface area contributed by atoms with Crippen LogP contribution in [0, 0.1) is 5.92 Å². The highest BCUT2D eigenvalue weighted by Gasteiger charge is 2.22. The zero-order chi connectivity index (χ0) is 14.6. The van der Waals surface area contributed by atoms with E-state index >= 15 is 0 Å². The largest absolute Gasteiger partial charge is 0.328 e. The van der Waals surface area contributed by atoms with E-state index in [0.29, 0.717) is 5.69 Å². The molecule has 0 bridgehead atoms. The third kappa shape index (κ3) is 4.64. The second-order valence-electron chi connectivity index (χ2n) is 4.54. The highest BCUT2D eigenvalue weighted by Crippen LogP contribution is 2.22. The summed E-state index contributed by atoms with van der Waals surface area (Å²) >= 11 is 1.97. The van der Waals surface area contributed by atoms with Gasteiger partial charge in [0.15, 0.2) is 5.78 Å². The molecule has 0 radical (unpaired) electrons. The molecule has 19 heavy (non-hydrogen) atoms. The van der Waals surface area contributed by atoms with E-state index in [1.807, 2.05) is 28.9 Å². The molecule has 0 aliphatic carbocycles. The zero-order valence-electron chi connectivity index (χ0n) is 11.1. The van der Waals surface area contributed by atoms with E-state index in [9.17, 15) is 13.2 Å². The maximum absolute atomic E-state index is 11.8. The third-order valence-corrected chi connectivity index (χ3v) is 4.35. The van der Waals surface area contributed by atoms with E-state index in [-0.39, 0.29) is 18.2 Å². The summed E-state index contributed by atoms with van der Waals surface area (Å²) < 4.78 is 27.7. The number of ketones is 1. The van der Waals surface area contributed by atoms with Gasteiger partial charge in [-0.15, -0.1) is 0 Å².